The van der Waals surface area contributed by atoms with Crippen molar-refractivity contribution in [2.75, 3.05) is 32.8 Å². The van der Waals surface area contributed by atoms with Crippen molar-refractivity contribution in [2.24, 2.45) is 5.92 Å². The number of nitrogens with zero attached hydrogens (tertiary/aromatic N) is 1. The van der Waals surface area contributed by atoms with Crippen LogP contribution in [-0.4, -0.2) is 49.8 Å². The molecule has 1 aliphatic carbocycles. The summed E-state index contributed by atoms with van der Waals surface area (Å²) in [6.45, 7) is 9.73. The van der Waals surface area contributed by atoms with Crippen molar-refractivity contribution in [3.8, 4) is 0 Å². The Labute approximate surface area is 99.5 Å². The van der Waals surface area contributed by atoms with E-state index in [2.05, 4.69) is 24.1 Å². The molecule has 0 aromatic carbocycles. The van der Waals surface area contributed by atoms with Crippen LogP contribution in [0.25, 0.3) is 0 Å². The molecular weight excluding hydrogens is 200 g/mol. The zero-order chi connectivity index (χ0) is 11.4. The van der Waals surface area contributed by atoms with Crippen LogP contribution in [0.1, 0.15) is 33.1 Å². The molecule has 1 N–H and O–H groups in total. The third kappa shape index (κ3) is 3.44. The summed E-state index contributed by atoms with van der Waals surface area (Å²) in [5.41, 5.74) is 0. The lowest BCUT2D eigenvalue weighted by molar-refractivity contribution is 0.0715. The van der Waals surface area contributed by atoms with Crippen molar-refractivity contribution in [3.05, 3.63) is 0 Å². The lowest BCUT2D eigenvalue weighted by Gasteiger charge is -2.30. The summed E-state index contributed by atoms with van der Waals surface area (Å²) in [4.78, 5) is 2.61. The molecule has 0 amide bonds. The summed E-state index contributed by atoms with van der Waals surface area (Å²) in [6.07, 6.45) is 4.15. The summed E-state index contributed by atoms with van der Waals surface area (Å²) >= 11 is 0. The molecule has 2 rings (SSSR count). The molecular formula is C13H26N2O. The normalized spacial score (nSPS) is 30.0. The van der Waals surface area contributed by atoms with Gasteiger partial charge in [0.25, 0.3) is 0 Å². The maximum Gasteiger partial charge on any atom is 0.0619 e. The van der Waals surface area contributed by atoms with Gasteiger partial charge in [-0.05, 0) is 52.1 Å². The van der Waals surface area contributed by atoms with E-state index in [0.717, 1.165) is 25.2 Å². The van der Waals surface area contributed by atoms with Gasteiger partial charge in [-0.25, -0.2) is 0 Å². The second-order valence-electron chi connectivity index (χ2n) is 5.26. The molecule has 3 nitrogen and oxygen atoms in total. The van der Waals surface area contributed by atoms with Crippen molar-refractivity contribution >= 4 is 0 Å². The van der Waals surface area contributed by atoms with Gasteiger partial charge < -0.3 is 10.1 Å². The largest absolute Gasteiger partial charge is 0.380 e. The minimum absolute atomic E-state index is 0.570. The molecule has 2 atom stereocenters. The Morgan fingerprint density at radius 3 is 2.94 bits per heavy atom. The van der Waals surface area contributed by atoms with Gasteiger partial charge in [-0.15, -0.1) is 0 Å². The maximum absolute atomic E-state index is 5.54. The van der Waals surface area contributed by atoms with E-state index in [1.165, 1.54) is 38.9 Å². The first-order chi connectivity index (χ1) is 7.81. The Bertz CT molecular complexity index is 206. The number of hydrogen-bond acceptors (Lipinski definition) is 3. The van der Waals surface area contributed by atoms with E-state index >= 15 is 0 Å². The van der Waals surface area contributed by atoms with E-state index in [1.54, 1.807) is 0 Å². The molecule has 3 heteroatoms. The highest BCUT2D eigenvalue weighted by molar-refractivity contribution is 4.90. The van der Waals surface area contributed by atoms with Crippen molar-refractivity contribution in [3.63, 3.8) is 0 Å². The molecule has 94 valence electrons. The van der Waals surface area contributed by atoms with Crippen LogP contribution in [0.2, 0.25) is 0 Å². The summed E-state index contributed by atoms with van der Waals surface area (Å²) in [7, 11) is 0. The summed E-state index contributed by atoms with van der Waals surface area (Å²) in [5.74, 6) is 0.958. The highest BCUT2D eigenvalue weighted by Crippen LogP contribution is 2.33. The molecule has 1 heterocycles. The van der Waals surface area contributed by atoms with Gasteiger partial charge in [0.15, 0.2) is 0 Å². The monoisotopic (exact) mass is 226 g/mol. The molecule has 0 aromatic heterocycles. The fraction of sp³-hybridized carbons (Fsp3) is 1.00. The average molecular weight is 226 g/mol. The molecule has 2 unspecified atom stereocenters. The van der Waals surface area contributed by atoms with Gasteiger partial charge in [0.1, 0.15) is 0 Å². The number of rotatable bonds is 5. The molecule has 1 aliphatic heterocycles. The van der Waals surface area contributed by atoms with Crippen molar-refractivity contribution in [1.29, 1.82) is 0 Å². The van der Waals surface area contributed by atoms with Gasteiger partial charge in [-0.2, -0.15) is 0 Å². The van der Waals surface area contributed by atoms with Gasteiger partial charge >= 0.3 is 0 Å². The maximum atomic E-state index is 5.54. The lowest BCUT2D eigenvalue weighted by Crippen LogP contribution is -2.44. The van der Waals surface area contributed by atoms with E-state index in [9.17, 15) is 0 Å². The standard InChI is InChI=1S/C13H26N2O/c1-3-16-10-11(2)15-8-4-7-14-13(9-15)12-5-6-12/h11-14H,3-10H2,1-2H3. The first-order valence-corrected chi connectivity index (χ1v) is 6.86. The van der Waals surface area contributed by atoms with Crippen LogP contribution in [0, 0.1) is 5.92 Å². The van der Waals surface area contributed by atoms with Crippen LogP contribution in [0.4, 0.5) is 0 Å². The fourth-order valence-corrected chi connectivity index (χ4v) is 2.59. The molecule has 2 fully saturated rings. The third-order valence-electron chi connectivity index (χ3n) is 3.84. The smallest absolute Gasteiger partial charge is 0.0619 e. The minimum Gasteiger partial charge on any atom is -0.380 e. The van der Waals surface area contributed by atoms with Gasteiger partial charge in [-0.3, -0.25) is 4.90 Å². The minimum atomic E-state index is 0.570. The van der Waals surface area contributed by atoms with Crippen LogP contribution in [0.15, 0.2) is 0 Å². The van der Waals surface area contributed by atoms with Crippen LogP contribution < -0.4 is 5.32 Å². The van der Waals surface area contributed by atoms with E-state index in [0.29, 0.717) is 6.04 Å². The Balaban J connectivity index is 1.81. The van der Waals surface area contributed by atoms with Gasteiger partial charge in [0.05, 0.1) is 6.61 Å². The van der Waals surface area contributed by atoms with Crippen LogP contribution in [-0.2, 0) is 4.74 Å². The van der Waals surface area contributed by atoms with E-state index in [4.69, 9.17) is 4.74 Å². The van der Waals surface area contributed by atoms with E-state index < -0.39 is 0 Å². The molecule has 0 radical (unpaired) electrons. The SMILES string of the molecule is CCOCC(C)N1CCCNC(C2CC2)C1. The number of nitrogens with one attached hydrogen (secondary N) is 1. The summed E-state index contributed by atoms with van der Waals surface area (Å²) in [6, 6.07) is 1.31. The molecule has 0 spiro atoms. The molecule has 2 aliphatic rings. The second-order valence-corrected chi connectivity index (χ2v) is 5.26. The highest BCUT2D eigenvalue weighted by Gasteiger charge is 2.33. The van der Waals surface area contributed by atoms with Crippen molar-refractivity contribution < 1.29 is 4.74 Å². The average Bonchev–Trinajstić information content (AvgIpc) is 3.09. The Morgan fingerprint density at radius 1 is 1.44 bits per heavy atom. The van der Waals surface area contributed by atoms with Gasteiger partial charge in [0.2, 0.25) is 0 Å². The van der Waals surface area contributed by atoms with Crippen molar-refractivity contribution in [2.45, 2.75) is 45.2 Å². The molecule has 0 bridgehead atoms. The van der Waals surface area contributed by atoms with Gasteiger partial charge in [-0.1, -0.05) is 0 Å². The Kier molecular flexibility index (Phi) is 4.62. The Morgan fingerprint density at radius 2 is 2.25 bits per heavy atom. The predicted molar refractivity (Wildman–Crippen MR) is 66.7 cm³/mol. The first-order valence-electron chi connectivity index (χ1n) is 6.86. The zero-order valence-electron chi connectivity index (χ0n) is 10.7. The van der Waals surface area contributed by atoms with E-state index in [1.807, 2.05) is 0 Å². The molecule has 1 saturated carbocycles. The summed E-state index contributed by atoms with van der Waals surface area (Å²) < 4.78 is 5.54. The zero-order valence-corrected chi connectivity index (χ0v) is 10.7. The molecule has 1 saturated heterocycles. The fourth-order valence-electron chi connectivity index (χ4n) is 2.59. The number of ether oxygens (including phenoxy) is 1. The summed E-state index contributed by atoms with van der Waals surface area (Å²) in [5, 5.41) is 3.70. The number of hydrogen-bond donors (Lipinski definition) is 1. The third-order valence-corrected chi connectivity index (χ3v) is 3.84. The quantitative estimate of drug-likeness (QED) is 0.768. The second kappa shape index (κ2) is 5.99. The molecule has 16 heavy (non-hydrogen) atoms. The van der Waals surface area contributed by atoms with Crippen LogP contribution in [0.5, 0.6) is 0 Å². The van der Waals surface area contributed by atoms with Crippen LogP contribution >= 0.6 is 0 Å². The highest BCUT2D eigenvalue weighted by atomic mass is 16.5. The van der Waals surface area contributed by atoms with E-state index in [-0.39, 0.29) is 0 Å². The Hall–Kier alpha value is -0.120. The first kappa shape index (κ1) is 12.3. The van der Waals surface area contributed by atoms with Crippen LogP contribution in [0.3, 0.4) is 0 Å². The predicted octanol–water partition coefficient (Wildman–Crippen LogP) is 1.49. The van der Waals surface area contributed by atoms with Gasteiger partial charge in [0, 0.05) is 25.2 Å². The topological polar surface area (TPSA) is 24.5 Å². The molecule has 0 aromatic rings. The lowest BCUT2D eigenvalue weighted by atomic mass is 10.1. The van der Waals surface area contributed by atoms with Crippen molar-refractivity contribution in [1.82, 2.24) is 10.2 Å².